The number of thiophene rings is 1. The molecule has 4 rings (SSSR count). The van der Waals surface area contributed by atoms with Gasteiger partial charge in [0.2, 0.25) is 0 Å². The van der Waals surface area contributed by atoms with Crippen molar-refractivity contribution in [1.29, 1.82) is 0 Å². The lowest BCUT2D eigenvalue weighted by Crippen LogP contribution is -1.94. The minimum Gasteiger partial charge on any atom is -0.304 e. The lowest BCUT2D eigenvalue weighted by molar-refractivity contribution is 0.376. The molecule has 4 aromatic rings. The molecule has 0 saturated heterocycles. The summed E-state index contributed by atoms with van der Waals surface area (Å²) in [7, 11) is -3.69. The topological polar surface area (TPSA) is 73.6 Å². The van der Waals surface area contributed by atoms with Crippen molar-refractivity contribution in [3.63, 3.8) is 0 Å². The maximum absolute atomic E-state index is 9.42. The second-order valence-corrected chi connectivity index (χ2v) is 8.66. The van der Waals surface area contributed by atoms with Gasteiger partial charge in [-0.3, -0.25) is 0 Å². The number of rotatable bonds is 1. The number of hydrogen-bond acceptors (Lipinski definition) is 6. The van der Waals surface area contributed by atoms with Gasteiger partial charge in [-0.25, -0.2) is 4.98 Å². The Kier molecular flexibility index (Phi) is 2.81. The summed E-state index contributed by atoms with van der Waals surface area (Å²) in [5, 5.41) is 2.96. The first-order chi connectivity index (χ1) is 9.91. The van der Waals surface area contributed by atoms with Crippen molar-refractivity contribution in [3.05, 3.63) is 35.3 Å². The van der Waals surface area contributed by atoms with Crippen molar-refractivity contribution in [1.82, 2.24) is 4.98 Å². The first-order valence-electron chi connectivity index (χ1n) is 6.16. The molecule has 0 aliphatic carbocycles. The van der Waals surface area contributed by atoms with Crippen LogP contribution in [0.25, 0.3) is 30.4 Å². The predicted octanol–water partition coefficient (Wildman–Crippen LogP) is 5.56. The van der Waals surface area contributed by atoms with E-state index < -0.39 is 10.9 Å². The molecule has 4 nitrogen and oxygen atoms in total. The lowest BCUT2D eigenvalue weighted by Gasteiger charge is -2.18. The molecule has 0 bridgehead atoms. The second kappa shape index (κ2) is 4.39. The Labute approximate surface area is 129 Å². The fourth-order valence-corrected chi connectivity index (χ4v) is 5.02. The number of thiazole rings is 1. The Hall–Kier alpha value is -1.22. The van der Waals surface area contributed by atoms with Gasteiger partial charge in [-0.1, -0.05) is 0 Å². The Morgan fingerprint density at radius 1 is 0.905 bits per heavy atom. The van der Waals surface area contributed by atoms with E-state index in [0.29, 0.717) is 0 Å². The minimum absolute atomic E-state index is 0.143. The van der Waals surface area contributed by atoms with Gasteiger partial charge < -0.3 is 13.7 Å². The molecule has 0 saturated carbocycles. The third kappa shape index (κ3) is 2.13. The van der Waals surface area contributed by atoms with Crippen LogP contribution in [0.4, 0.5) is 0 Å². The zero-order chi connectivity index (χ0) is 14.8. The molecular formula is C14H11NO3S3. The maximum atomic E-state index is 9.42. The summed E-state index contributed by atoms with van der Waals surface area (Å²) in [4.78, 5) is 4.64. The first kappa shape index (κ1) is 13.4. The van der Waals surface area contributed by atoms with E-state index in [1.165, 1.54) is 0 Å². The molecule has 3 N–H and O–H groups in total. The molecular weight excluding hydrogens is 326 g/mol. The molecule has 2 aromatic carbocycles. The van der Waals surface area contributed by atoms with Crippen LogP contribution in [0.3, 0.4) is 0 Å². The van der Waals surface area contributed by atoms with Gasteiger partial charge in [-0.15, -0.1) is 22.7 Å². The van der Waals surface area contributed by atoms with Crippen LogP contribution in [-0.2, 0) is 0 Å². The van der Waals surface area contributed by atoms with E-state index in [4.69, 9.17) is 0 Å². The van der Waals surface area contributed by atoms with Crippen LogP contribution in [0.5, 0.6) is 0 Å². The zero-order valence-corrected chi connectivity index (χ0v) is 13.3. The van der Waals surface area contributed by atoms with Gasteiger partial charge in [0, 0.05) is 20.2 Å². The summed E-state index contributed by atoms with van der Waals surface area (Å²) in [6.07, 6.45) is 0. The summed E-state index contributed by atoms with van der Waals surface area (Å²) in [6, 6.07) is 9.16. The van der Waals surface area contributed by atoms with Gasteiger partial charge in [0.1, 0.15) is 10.9 Å². The number of aryl methyl sites for hydroxylation is 1. The number of hydrogen-bond donors (Lipinski definition) is 3. The van der Waals surface area contributed by atoms with Crippen LogP contribution < -0.4 is 0 Å². The average molecular weight is 337 g/mol. The molecule has 2 aromatic heterocycles. The SMILES string of the molecule is Cc1nc2cc3c(cc2s1)sc1ccc(S(O)(O)O)cc13. The van der Waals surface area contributed by atoms with E-state index in [1.54, 1.807) is 34.8 Å². The van der Waals surface area contributed by atoms with Gasteiger partial charge in [-0.05, 0) is 37.3 Å². The highest BCUT2D eigenvalue weighted by Crippen LogP contribution is 2.46. The van der Waals surface area contributed by atoms with Crippen molar-refractivity contribution in [2.45, 2.75) is 11.8 Å². The van der Waals surface area contributed by atoms with Crippen molar-refractivity contribution >= 4 is 63.9 Å². The number of fused-ring (bicyclic) bond motifs is 4. The Morgan fingerprint density at radius 3 is 2.43 bits per heavy atom. The van der Waals surface area contributed by atoms with E-state index in [9.17, 15) is 13.7 Å². The summed E-state index contributed by atoms with van der Waals surface area (Å²) < 4.78 is 31.6. The molecule has 0 radical (unpaired) electrons. The van der Waals surface area contributed by atoms with Gasteiger partial charge in [0.05, 0.1) is 20.1 Å². The Bertz CT molecular complexity index is 997. The van der Waals surface area contributed by atoms with Gasteiger partial charge >= 0.3 is 0 Å². The molecule has 108 valence electrons. The van der Waals surface area contributed by atoms with E-state index in [2.05, 4.69) is 11.1 Å². The molecule has 7 heteroatoms. The zero-order valence-electron chi connectivity index (χ0n) is 10.9. The van der Waals surface area contributed by atoms with E-state index in [1.807, 2.05) is 19.1 Å². The largest absolute Gasteiger partial charge is 0.304 e. The highest BCUT2D eigenvalue weighted by Gasteiger charge is 2.17. The normalized spacial score (nSPS) is 13.5. The third-order valence-corrected chi connectivity index (χ3v) is 6.33. The van der Waals surface area contributed by atoms with Crippen LogP contribution in [0, 0.1) is 6.92 Å². The van der Waals surface area contributed by atoms with Gasteiger partial charge in [-0.2, -0.15) is 0 Å². The third-order valence-electron chi connectivity index (χ3n) is 3.37. The standard InChI is InChI=1S/C14H11NO3S3/c1-7-15-11-5-10-9-4-8(21(16,17)18)2-3-12(9)20-13(10)6-14(11)19-7/h2-6,16-18H,1H3. The summed E-state index contributed by atoms with van der Waals surface area (Å²) in [6.45, 7) is 1.98. The maximum Gasteiger partial charge on any atom is 0.112 e. The second-order valence-electron chi connectivity index (χ2n) is 4.83. The summed E-state index contributed by atoms with van der Waals surface area (Å²) in [5.74, 6) is 0. The number of benzene rings is 2. The van der Waals surface area contributed by atoms with E-state index in [-0.39, 0.29) is 4.90 Å². The van der Waals surface area contributed by atoms with Crippen molar-refractivity contribution < 1.29 is 13.7 Å². The fourth-order valence-electron chi connectivity index (χ4n) is 2.46. The minimum atomic E-state index is -3.69. The summed E-state index contributed by atoms with van der Waals surface area (Å²) >= 11 is 3.31. The molecule has 21 heavy (non-hydrogen) atoms. The Balaban J connectivity index is 2.10. The van der Waals surface area contributed by atoms with Gasteiger partial charge in [0.15, 0.2) is 0 Å². The molecule has 0 aliphatic rings. The van der Waals surface area contributed by atoms with E-state index >= 15 is 0 Å². The van der Waals surface area contributed by atoms with Gasteiger partial charge in [0.25, 0.3) is 0 Å². The first-order valence-corrected chi connectivity index (χ1v) is 9.29. The number of nitrogens with zero attached hydrogens (tertiary/aromatic N) is 1. The van der Waals surface area contributed by atoms with Crippen LogP contribution in [0.1, 0.15) is 5.01 Å². The highest BCUT2D eigenvalue weighted by molar-refractivity contribution is 8.19. The van der Waals surface area contributed by atoms with E-state index in [0.717, 1.165) is 35.4 Å². The van der Waals surface area contributed by atoms with Crippen molar-refractivity contribution in [2.24, 2.45) is 0 Å². The molecule has 0 amide bonds. The monoisotopic (exact) mass is 337 g/mol. The van der Waals surface area contributed by atoms with Crippen LogP contribution in [0.15, 0.2) is 35.2 Å². The molecule has 0 fully saturated rings. The fraction of sp³-hybridized carbons (Fsp3) is 0.0714. The van der Waals surface area contributed by atoms with Crippen LogP contribution in [-0.4, -0.2) is 18.6 Å². The summed E-state index contributed by atoms with van der Waals surface area (Å²) in [5.41, 5.74) is 0.950. The molecule has 0 unspecified atom stereocenters. The van der Waals surface area contributed by atoms with Crippen molar-refractivity contribution in [3.8, 4) is 0 Å². The predicted molar refractivity (Wildman–Crippen MR) is 91.0 cm³/mol. The van der Waals surface area contributed by atoms with Crippen LogP contribution >= 0.6 is 33.5 Å². The molecule has 2 heterocycles. The number of aromatic nitrogens is 1. The van der Waals surface area contributed by atoms with Crippen LogP contribution in [0.2, 0.25) is 0 Å². The van der Waals surface area contributed by atoms with Crippen molar-refractivity contribution in [2.75, 3.05) is 0 Å². The smallest absolute Gasteiger partial charge is 0.112 e. The molecule has 0 spiro atoms. The Morgan fingerprint density at radius 2 is 1.67 bits per heavy atom. The molecule has 0 aliphatic heterocycles. The quantitative estimate of drug-likeness (QED) is 0.425. The lowest BCUT2D eigenvalue weighted by atomic mass is 10.1. The highest BCUT2D eigenvalue weighted by atomic mass is 32.3. The molecule has 0 atom stereocenters. The average Bonchev–Trinajstić information content (AvgIpc) is 2.92.